The minimum absolute atomic E-state index is 0.159. The summed E-state index contributed by atoms with van der Waals surface area (Å²) in [5.74, 6) is -0.451. The van der Waals surface area contributed by atoms with Crippen LogP contribution >= 0.6 is 0 Å². The fraction of sp³-hybridized carbons (Fsp3) is 0.600. The van der Waals surface area contributed by atoms with Gasteiger partial charge in [0.25, 0.3) is 5.91 Å². The van der Waals surface area contributed by atoms with E-state index in [-0.39, 0.29) is 24.1 Å². The molecule has 2 amide bonds. The molecule has 1 rings (SSSR count). The maximum absolute atomic E-state index is 11.9. The number of carbonyl (C=O) groups excluding carboxylic acids is 2. The van der Waals surface area contributed by atoms with E-state index in [1.165, 1.54) is 12.3 Å². The van der Waals surface area contributed by atoms with Gasteiger partial charge in [0.05, 0.1) is 12.4 Å². The third-order valence-electron chi connectivity index (χ3n) is 3.56. The summed E-state index contributed by atoms with van der Waals surface area (Å²) in [4.78, 5) is 23.6. The normalized spacial score (nSPS) is 13.8. The van der Waals surface area contributed by atoms with Gasteiger partial charge >= 0.3 is 0 Å². The van der Waals surface area contributed by atoms with E-state index in [9.17, 15) is 14.7 Å². The van der Waals surface area contributed by atoms with Crippen LogP contribution in [0.3, 0.4) is 0 Å². The Kier molecular flexibility index (Phi) is 6.94. The monoisotopic (exact) mass is 296 g/mol. The zero-order chi connectivity index (χ0) is 15.8. The number of carbonyl (C=O) groups is 2. The summed E-state index contributed by atoms with van der Waals surface area (Å²) >= 11 is 0. The molecule has 3 N–H and O–H groups in total. The summed E-state index contributed by atoms with van der Waals surface area (Å²) in [7, 11) is 0. The van der Waals surface area contributed by atoms with Crippen LogP contribution in [-0.4, -0.2) is 35.6 Å². The molecule has 0 spiro atoms. The SMILES string of the molecule is CCC(CC)C(O)CNC(=O)C(C)NC(=O)c1ccco1. The van der Waals surface area contributed by atoms with Crippen molar-refractivity contribution in [1.29, 1.82) is 0 Å². The second kappa shape index (κ2) is 8.46. The Hall–Kier alpha value is -1.82. The third-order valence-corrected chi connectivity index (χ3v) is 3.56. The van der Waals surface area contributed by atoms with Gasteiger partial charge in [0, 0.05) is 6.54 Å². The molecule has 6 heteroatoms. The fourth-order valence-corrected chi connectivity index (χ4v) is 2.10. The Bertz CT molecular complexity index is 441. The molecule has 21 heavy (non-hydrogen) atoms. The van der Waals surface area contributed by atoms with Crippen LogP contribution in [0.4, 0.5) is 0 Å². The minimum Gasteiger partial charge on any atom is -0.459 e. The Balaban J connectivity index is 2.39. The van der Waals surface area contributed by atoms with E-state index in [2.05, 4.69) is 10.6 Å². The average molecular weight is 296 g/mol. The fourth-order valence-electron chi connectivity index (χ4n) is 2.10. The molecule has 0 aliphatic heterocycles. The maximum Gasteiger partial charge on any atom is 0.287 e. The first-order valence-electron chi connectivity index (χ1n) is 7.29. The van der Waals surface area contributed by atoms with Crippen LogP contribution in [0, 0.1) is 5.92 Å². The predicted octanol–water partition coefficient (Wildman–Crippen LogP) is 1.31. The van der Waals surface area contributed by atoms with Crippen LogP contribution in [0.25, 0.3) is 0 Å². The predicted molar refractivity (Wildman–Crippen MR) is 78.7 cm³/mol. The third kappa shape index (κ3) is 5.23. The van der Waals surface area contributed by atoms with Gasteiger partial charge in [0.1, 0.15) is 6.04 Å². The van der Waals surface area contributed by atoms with Crippen molar-refractivity contribution in [2.24, 2.45) is 5.92 Å². The Morgan fingerprint density at radius 3 is 2.52 bits per heavy atom. The van der Waals surface area contributed by atoms with Gasteiger partial charge in [-0.2, -0.15) is 0 Å². The van der Waals surface area contributed by atoms with Crippen LogP contribution in [0.15, 0.2) is 22.8 Å². The van der Waals surface area contributed by atoms with Gasteiger partial charge in [-0.25, -0.2) is 0 Å². The average Bonchev–Trinajstić information content (AvgIpc) is 3.00. The van der Waals surface area contributed by atoms with Crippen molar-refractivity contribution < 1.29 is 19.1 Å². The van der Waals surface area contributed by atoms with Crippen molar-refractivity contribution in [2.75, 3.05) is 6.54 Å². The smallest absolute Gasteiger partial charge is 0.287 e. The lowest BCUT2D eigenvalue weighted by molar-refractivity contribution is -0.123. The van der Waals surface area contributed by atoms with Gasteiger partial charge in [-0.1, -0.05) is 26.7 Å². The van der Waals surface area contributed by atoms with E-state index in [0.717, 1.165) is 12.8 Å². The lowest BCUT2D eigenvalue weighted by Crippen LogP contribution is -2.47. The summed E-state index contributed by atoms with van der Waals surface area (Å²) in [6, 6.07) is 2.43. The van der Waals surface area contributed by atoms with E-state index >= 15 is 0 Å². The quantitative estimate of drug-likeness (QED) is 0.674. The largest absolute Gasteiger partial charge is 0.459 e. The standard InChI is InChI=1S/C15H24N2O4/c1-4-11(5-2)12(18)9-16-14(19)10(3)17-15(20)13-7-6-8-21-13/h6-8,10-12,18H,4-5,9H2,1-3H3,(H,16,19)(H,17,20). The van der Waals surface area contributed by atoms with Crippen molar-refractivity contribution in [1.82, 2.24) is 10.6 Å². The molecule has 1 heterocycles. The number of nitrogens with one attached hydrogen (secondary N) is 2. The van der Waals surface area contributed by atoms with E-state index in [1.54, 1.807) is 13.0 Å². The van der Waals surface area contributed by atoms with Crippen LogP contribution in [0.1, 0.15) is 44.2 Å². The minimum atomic E-state index is -0.698. The van der Waals surface area contributed by atoms with Crippen LogP contribution in [-0.2, 0) is 4.79 Å². The summed E-state index contributed by atoms with van der Waals surface area (Å²) in [6.07, 6.45) is 2.54. The van der Waals surface area contributed by atoms with Crippen LogP contribution in [0.5, 0.6) is 0 Å². The highest BCUT2D eigenvalue weighted by Gasteiger charge is 2.20. The molecule has 0 radical (unpaired) electrons. The molecule has 0 fully saturated rings. The van der Waals surface area contributed by atoms with Crippen molar-refractivity contribution in [2.45, 2.75) is 45.8 Å². The number of amides is 2. The van der Waals surface area contributed by atoms with Gasteiger partial charge in [-0.15, -0.1) is 0 Å². The lowest BCUT2D eigenvalue weighted by atomic mass is 9.96. The van der Waals surface area contributed by atoms with E-state index in [0.29, 0.717) is 0 Å². The molecule has 2 atom stereocenters. The highest BCUT2D eigenvalue weighted by molar-refractivity contribution is 5.95. The molecule has 2 unspecified atom stereocenters. The summed E-state index contributed by atoms with van der Waals surface area (Å²) < 4.78 is 4.95. The molecule has 1 aromatic heterocycles. The second-order valence-corrected chi connectivity index (χ2v) is 5.06. The zero-order valence-corrected chi connectivity index (χ0v) is 12.8. The Labute approximate surface area is 124 Å². The van der Waals surface area contributed by atoms with E-state index in [1.807, 2.05) is 13.8 Å². The molecular formula is C15H24N2O4. The highest BCUT2D eigenvalue weighted by atomic mass is 16.3. The molecule has 6 nitrogen and oxygen atoms in total. The zero-order valence-electron chi connectivity index (χ0n) is 12.8. The van der Waals surface area contributed by atoms with Gasteiger partial charge in [0.2, 0.25) is 5.91 Å². The molecule has 0 bridgehead atoms. The van der Waals surface area contributed by atoms with Crippen LogP contribution in [0.2, 0.25) is 0 Å². The molecule has 0 aliphatic carbocycles. The van der Waals surface area contributed by atoms with Gasteiger partial charge in [-0.3, -0.25) is 9.59 Å². The number of aliphatic hydroxyl groups excluding tert-OH is 1. The molecule has 1 aromatic rings. The topological polar surface area (TPSA) is 91.6 Å². The number of furan rings is 1. The molecule has 0 saturated carbocycles. The Morgan fingerprint density at radius 2 is 2.00 bits per heavy atom. The molecule has 0 saturated heterocycles. The maximum atomic E-state index is 11.9. The summed E-state index contributed by atoms with van der Waals surface area (Å²) in [5, 5.41) is 15.1. The lowest BCUT2D eigenvalue weighted by Gasteiger charge is -2.21. The second-order valence-electron chi connectivity index (χ2n) is 5.06. The van der Waals surface area contributed by atoms with E-state index in [4.69, 9.17) is 4.42 Å². The van der Waals surface area contributed by atoms with Gasteiger partial charge < -0.3 is 20.2 Å². The number of rotatable bonds is 8. The Morgan fingerprint density at radius 1 is 1.33 bits per heavy atom. The van der Waals surface area contributed by atoms with Crippen molar-refractivity contribution in [3.8, 4) is 0 Å². The summed E-state index contributed by atoms with van der Waals surface area (Å²) in [6.45, 7) is 5.78. The van der Waals surface area contributed by atoms with Crippen molar-refractivity contribution >= 4 is 11.8 Å². The number of aliphatic hydroxyl groups is 1. The number of hydrogen-bond donors (Lipinski definition) is 3. The van der Waals surface area contributed by atoms with Crippen LogP contribution < -0.4 is 10.6 Å². The van der Waals surface area contributed by atoms with E-state index < -0.39 is 18.1 Å². The van der Waals surface area contributed by atoms with Crippen molar-refractivity contribution in [3.63, 3.8) is 0 Å². The van der Waals surface area contributed by atoms with Crippen molar-refractivity contribution in [3.05, 3.63) is 24.2 Å². The first-order chi connectivity index (χ1) is 9.99. The first-order valence-corrected chi connectivity index (χ1v) is 7.29. The highest BCUT2D eigenvalue weighted by Crippen LogP contribution is 2.12. The number of hydrogen-bond acceptors (Lipinski definition) is 4. The van der Waals surface area contributed by atoms with Gasteiger partial charge in [-0.05, 0) is 25.0 Å². The molecule has 118 valence electrons. The molecule has 0 aliphatic rings. The molecular weight excluding hydrogens is 272 g/mol. The molecule has 0 aromatic carbocycles. The first kappa shape index (κ1) is 17.2. The van der Waals surface area contributed by atoms with Gasteiger partial charge in [0.15, 0.2) is 5.76 Å². The summed E-state index contributed by atoms with van der Waals surface area (Å²) in [5.41, 5.74) is 0.